The molecule has 0 amide bonds. The van der Waals surface area contributed by atoms with E-state index in [1.54, 1.807) is 12.1 Å². The van der Waals surface area contributed by atoms with E-state index >= 15 is 0 Å². The average Bonchev–Trinajstić information content (AvgIpc) is 2.95. The molecule has 0 aliphatic heterocycles. The Morgan fingerprint density at radius 2 is 1.81 bits per heavy atom. The SMILES string of the molecule is CC1(C)C(c2ccc(S(N)(=O)=O)cc2)C1c1nc(C2CCCCC2O)no1. The predicted octanol–water partition coefficient (Wildman–Crippen LogP) is 2.64. The van der Waals surface area contributed by atoms with Crippen molar-refractivity contribution >= 4 is 10.0 Å². The molecule has 2 aromatic rings. The zero-order valence-corrected chi connectivity index (χ0v) is 16.3. The highest BCUT2D eigenvalue weighted by molar-refractivity contribution is 7.89. The number of aliphatic hydroxyl groups is 1. The Hall–Kier alpha value is -1.77. The molecule has 0 bridgehead atoms. The first-order valence-electron chi connectivity index (χ1n) is 9.34. The Balaban J connectivity index is 1.56. The third kappa shape index (κ3) is 3.30. The second kappa shape index (κ2) is 6.39. The van der Waals surface area contributed by atoms with Crippen LogP contribution in [-0.4, -0.2) is 29.8 Å². The Kier molecular flexibility index (Phi) is 4.40. The first kappa shape index (κ1) is 18.6. The summed E-state index contributed by atoms with van der Waals surface area (Å²) in [5, 5.41) is 19.6. The fourth-order valence-corrected chi connectivity index (χ4v) is 5.04. The van der Waals surface area contributed by atoms with Crippen molar-refractivity contribution in [2.24, 2.45) is 10.6 Å². The Bertz CT molecular complexity index is 936. The van der Waals surface area contributed by atoms with Gasteiger partial charge in [-0.25, -0.2) is 13.6 Å². The second-order valence-corrected chi connectivity index (χ2v) is 9.90. The van der Waals surface area contributed by atoms with Crippen molar-refractivity contribution in [3.8, 4) is 0 Å². The Morgan fingerprint density at radius 3 is 2.44 bits per heavy atom. The molecule has 4 atom stereocenters. The third-order valence-corrected chi connectivity index (χ3v) is 7.11. The maximum atomic E-state index is 11.4. The summed E-state index contributed by atoms with van der Waals surface area (Å²) in [6.45, 7) is 4.27. The van der Waals surface area contributed by atoms with Gasteiger partial charge in [0, 0.05) is 11.8 Å². The first-order chi connectivity index (χ1) is 12.7. The standard InChI is InChI=1S/C19H25N3O4S/c1-19(2)15(11-7-9-12(10-8-11)27(20,24)25)16(19)18-21-17(22-26-18)13-5-3-4-6-14(13)23/h7-10,13-16,23H,3-6H2,1-2H3,(H2,20,24,25). The van der Waals surface area contributed by atoms with E-state index in [-0.39, 0.29) is 28.1 Å². The van der Waals surface area contributed by atoms with Crippen LogP contribution in [0.4, 0.5) is 0 Å². The van der Waals surface area contributed by atoms with Gasteiger partial charge in [0.05, 0.1) is 16.9 Å². The second-order valence-electron chi connectivity index (χ2n) is 8.34. The van der Waals surface area contributed by atoms with Crippen molar-refractivity contribution in [3.05, 3.63) is 41.5 Å². The average molecular weight is 391 g/mol. The molecule has 2 fully saturated rings. The molecule has 0 saturated heterocycles. The molecule has 4 unspecified atom stereocenters. The fourth-order valence-electron chi connectivity index (χ4n) is 4.52. The number of hydrogen-bond donors (Lipinski definition) is 2. The number of nitrogens with two attached hydrogens (primary N) is 1. The van der Waals surface area contributed by atoms with E-state index in [0.717, 1.165) is 31.2 Å². The van der Waals surface area contributed by atoms with Crippen molar-refractivity contribution in [2.45, 2.75) is 68.3 Å². The quantitative estimate of drug-likeness (QED) is 0.827. The molecule has 0 radical (unpaired) electrons. The summed E-state index contributed by atoms with van der Waals surface area (Å²) in [5.74, 6) is 1.37. The summed E-state index contributed by atoms with van der Waals surface area (Å²) in [6.07, 6.45) is 3.36. The normalized spacial score (nSPS) is 30.2. The molecule has 1 heterocycles. The number of aliphatic hydroxyl groups excluding tert-OH is 1. The maximum absolute atomic E-state index is 11.4. The van der Waals surface area contributed by atoms with Gasteiger partial charge in [0.25, 0.3) is 0 Å². The highest BCUT2D eigenvalue weighted by Gasteiger charge is 2.62. The third-order valence-electron chi connectivity index (χ3n) is 6.18. The van der Waals surface area contributed by atoms with Gasteiger partial charge in [-0.05, 0) is 36.0 Å². The van der Waals surface area contributed by atoms with Crippen molar-refractivity contribution in [3.63, 3.8) is 0 Å². The molecule has 1 aromatic heterocycles. The van der Waals surface area contributed by atoms with Crippen LogP contribution in [0.25, 0.3) is 0 Å². The van der Waals surface area contributed by atoms with E-state index in [1.807, 2.05) is 0 Å². The van der Waals surface area contributed by atoms with E-state index in [0.29, 0.717) is 11.7 Å². The van der Waals surface area contributed by atoms with Gasteiger partial charge in [-0.15, -0.1) is 0 Å². The molecule has 146 valence electrons. The smallest absolute Gasteiger partial charge is 0.238 e. The number of primary sulfonamides is 1. The van der Waals surface area contributed by atoms with E-state index in [4.69, 9.17) is 9.66 Å². The van der Waals surface area contributed by atoms with E-state index in [1.165, 1.54) is 12.1 Å². The highest BCUT2D eigenvalue weighted by atomic mass is 32.2. The molecule has 3 N–H and O–H groups in total. The number of hydrogen-bond acceptors (Lipinski definition) is 6. The minimum absolute atomic E-state index is 0.0504. The van der Waals surface area contributed by atoms with Gasteiger partial charge < -0.3 is 9.63 Å². The minimum Gasteiger partial charge on any atom is -0.392 e. The molecular formula is C19H25N3O4S. The molecule has 2 aliphatic carbocycles. The lowest BCUT2D eigenvalue weighted by molar-refractivity contribution is 0.101. The fraction of sp³-hybridized carbons (Fsp3) is 0.579. The van der Waals surface area contributed by atoms with E-state index in [9.17, 15) is 13.5 Å². The van der Waals surface area contributed by atoms with Crippen molar-refractivity contribution in [1.82, 2.24) is 10.1 Å². The maximum Gasteiger partial charge on any atom is 0.238 e. The monoisotopic (exact) mass is 391 g/mol. The number of rotatable bonds is 4. The van der Waals surface area contributed by atoms with Crippen LogP contribution >= 0.6 is 0 Å². The zero-order valence-electron chi connectivity index (χ0n) is 15.5. The minimum atomic E-state index is -3.70. The molecule has 27 heavy (non-hydrogen) atoms. The van der Waals surface area contributed by atoms with Crippen LogP contribution in [0.1, 0.15) is 74.6 Å². The topological polar surface area (TPSA) is 119 Å². The van der Waals surface area contributed by atoms with Gasteiger partial charge in [0.1, 0.15) is 0 Å². The van der Waals surface area contributed by atoms with Gasteiger partial charge in [-0.2, -0.15) is 4.98 Å². The summed E-state index contributed by atoms with van der Waals surface area (Å²) >= 11 is 0. The van der Waals surface area contributed by atoms with Crippen LogP contribution in [0.3, 0.4) is 0 Å². The molecule has 2 aliphatic rings. The summed E-state index contributed by atoms with van der Waals surface area (Å²) in [6, 6.07) is 6.67. The van der Waals surface area contributed by atoms with Crippen molar-refractivity contribution < 1.29 is 18.0 Å². The Morgan fingerprint density at radius 1 is 1.15 bits per heavy atom. The number of aromatic nitrogens is 2. The van der Waals surface area contributed by atoms with Gasteiger partial charge in [0.2, 0.25) is 15.9 Å². The molecule has 0 spiro atoms. The molecule has 7 nitrogen and oxygen atoms in total. The summed E-state index contributed by atoms with van der Waals surface area (Å²) in [7, 11) is -3.70. The zero-order chi connectivity index (χ0) is 19.4. The molecule has 1 aromatic carbocycles. The summed E-state index contributed by atoms with van der Waals surface area (Å²) < 4.78 is 28.5. The largest absolute Gasteiger partial charge is 0.392 e. The number of nitrogens with zero attached hydrogens (tertiary/aromatic N) is 2. The molecule has 8 heteroatoms. The predicted molar refractivity (Wildman–Crippen MR) is 98.6 cm³/mol. The van der Waals surface area contributed by atoms with Crippen molar-refractivity contribution in [1.29, 1.82) is 0 Å². The van der Waals surface area contributed by atoms with Crippen LogP contribution in [0.15, 0.2) is 33.7 Å². The highest BCUT2D eigenvalue weighted by Crippen LogP contribution is 2.69. The summed E-state index contributed by atoms with van der Waals surface area (Å²) in [5.41, 5.74) is 0.952. The van der Waals surface area contributed by atoms with Gasteiger partial charge in [0.15, 0.2) is 5.82 Å². The van der Waals surface area contributed by atoms with Crippen molar-refractivity contribution in [2.75, 3.05) is 0 Å². The van der Waals surface area contributed by atoms with E-state index < -0.39 is 16.1 Å². The van der Waals surface area contributed by atoms with Gasteiger partial charge in [-0.1, -0.05) is 44.0 Å². The molecule has 2 saturated carbocycles. The summed E-state index contributed by atoms with van der Waals surface area (Å²) in [4.78, 5) is 4.73. The lowest BCUT2D eigenvalue weighted by atomic mass is 9.86. The van der Waals surface area contributed by atoms with Crippen LogP contribution in [0.5, 0.6) is 0 Å². The lowest BCUT2D eigenvalue weighted by Gasteiger charge is -2.24. The van der Waals surface area contributed by atoms with Gasteiger partial charge in [-0.3, -0.25) is 0 Å². The van der Waals surface area contributed by atoms with Crippen LogP contribution in [-0.2, 0) is 10.0 Å². The molecule has 4 rings (SSSR count). The van der Waals surface area contributed by atoms with E-state index in [2.05, 4.69) is 24.0 Å². The van der Waals surface area contributed by atoms with Crippen LogP contribution < -0.4 is 5.14 Å². The number of sulfonamides is 1. The lowest BCUT2D eigenvalue weighted by Crippen LogP contribution is -2.23. The van der Waals surface area contributed by atoms with Crippen LogP contribution in [0.2, 0.25) is 0 Å². The van der Waals surface area contributed by atoms with Crippen LogP contribution in [0, 0.1) is 5.41 Å². The molecular weight excluding hydrogens is 366 g/mol. The number of benzene rings is 1. The first-order valence-corrected chi connectivity index (χ1v) is 10.9. The van der Waals surface area contributed by atoms with Gasteiger partial charge >= 0.3 is 0 Å². The Labute approximate surface area is 159 Å².